The molecule has 0 unspecified atom stereocenters. The Morgan fingerprint density at radius 1 is 1.19 bits per heavy atom. The molecule has 0 saturated heterocycles. The quantitative estimate of drug-likeness (QED) is 0.563. The smallest absolute Gasteiger partial charge is 0.326 e. The van der Waals surface area contributed by atoms with Crippen LogP contribution in [0.15, 0.2) is 47.5 Å². The number of hydrogen-bond donors (Lipinski definition) is 1. The zero-order valence-corrected chi connectivity index (χ0v) is 14.0. The molecule has 130 valence electrons. The summed E-state index contributed by atoms with van der Waals surface area (Å²) < 4.78 is 6.52. The number of ether oxygens (including phenoxy) is 1. The first kappa shape index (κ1) is 15.9. The molecular formula is C18H15N5O3. The lowest BCUT2D eigenvalue weighted by atomic mass is 10.1. The van der Waals surface area contributed by atoms with E-state index in [2.05, 4.69) is 20.4 Å². The molecule has 8 nitrogen and oxygen atoms in total. The molecule has 2 aromatic heterocycles. The van der Waals surface area contributed by atoms with E-state index in [1.165, 1.54) is 10.9 Å². The first-order valence-electron chi connectivity index (χ1n) is 8.01. The van der Waals surface area contributed by atoms with Crippen LogP contribution in [0.5, 0.6) is 0 Å². The van der Waals surface area contributed by atoms with Gasteiger partial charge in [0.1, 0.15) is 24.2 Å². The number of carbonyl (C=O) groups is 1. The van der Waals surface area contributed by atoms with E-state index < -0.39 is 5.97 Å². The lowest BCUT2D eigenvalue weighted by Crippen LogP contribution is -2.25. The Kier molecular flexibility index (Phi) is 3.92. The average molecular weight is 349 g/mol. The van der Waals surface area contributed by atoms with E-state index in [1.54, 1.807) is 24.3 Å². The molecule has 2 heterocycles. The highest BCUT2D eigenvalue weighted by Crippen LogP contribution is 2.12. The number of benzene rings is 2. The molecule has 26 heavy (non-hydrogen) atoms. The summed E-state index contributed by atoms with van der Waals surface area (Å²) in [4.78, 5) is 28.9. The molecular weight excluding hydrogens is 334 g/mol. The molecule has 0 saturated carbocycles. The van der Waals surface area contributed by atoms with Gasteiger partial charge in [-0.25, -0.2) is 4.98 Å². The number of fused-ring (bicyclic) bond motifs is 2. The molecule has 0 atom stereocenters. The molecule has 0 bridgehead atoms. The fourth-order valence-electron chi connectivity index (χ4n) is 2.77. The van der Waals surface area contributed by atoms with E-state index in [1.807, 2.05) is 19.1 Å². The molecule has 0 aliphatic carbocycles. The zero-order valence-electron chi connectivity index (χ0n) is 14.0. The van der Waals surface area contributed by atoms with Crippen molar-refractivity contribution in [3.05, 3.63) is 64.2 Å². The molecule has 0 aliphatic heterocycles. The first-order valence-corrected chi connectivity index (χ1v) is 8.01. The Hall–Kier alpha value is -3.55. The first-order chi connectivity index (χ1) is 12.6. The Morgan fingerprint density at radius 3 is 2.92 bits per heavy atom. The third-order valence-electron chi connectivity index (χ3n) is 4.14. The lowest BCUT2D eigenvalue weighted by Gasteiger charge is -2.08. The minimum absolute atomic E-state index is 0.0938. The Bertz CT molecular complexity index is 1180. The molecule has 8 heteroatoms. The van der Waals surface area contributed by atoms with Crippen LogP contribution in [-0.2, 0) is 22.7 Å². The van der Waals surface area contributed by atoms with Gasteiger partial charge in [0.15, 0.2) is 0 Å². The summed E-state index contributed by atoms with van der Waals surface area (Å²) in [7, 11) is 0. The fourth-order valence-corrected chi connectivity index (χ4v) is 2.77. The van der Waals surface area contributed by atoms with Crippen molar-refractivity contribution >= 4 is 27.9 Å². The van der Waals surface area contributed by atoms with Gasteiger partial charge in [-0.1, -0.05) is 18.2 Å². The van der Waals surface area contributed by atoms with E-state index in [-0.39, 0.29) is 18.7 Å². The van der Waals surface area contributed by atoms with Crippen molar-refractivity contribution in [2.75, 3.05) is 0 Å². The van der Waals surface area contributed by atoms with Gasteiger partial charge in [0.05, 0.1) is 17.2 Å². The number of esters is 1. The van der Waals surface area contributed by atoms with Crippen LogP contribution in [0.3, 0.4) is 0 Å². The van der Waals surface area contributed by atoms with Crippen LogP contribution in [-0.4, -0.2) is 30.9 Å². The molecule has 4 aromatic rings. The number of nitrogens with one attached hydrogen (secondary N) is 1. The molecule has 0 spiro atoms. The second-order valence-corrected chi connectivity index (χ2v) is 5.96. The second-order valence-electron chi connectivity index (χ2n) is 5.96. The monoisotopic (exact) mass is 349 g/mol. The predicted octanol–water partition coefficient (Wildman–Crippen LogP) is 1.72. The second kappa shape index (κ2) is 6.40. The van der Waals surface area contributed by atoms with Crippen LogP contribution in [0.1, 0.15) is 11.1 Å². The van der Waals surface area contributed by atoms with Gasteiger partial charge in [-0.3, -0.25) is 14.2 Å². The van der Waals surface area contributed by atoms with Crippen LogP contribution in [0.2, 0.25) is 0 Å². The minimum atomic E-state index is -0.513. The highest BCUT2D eigenvalue weighted by Gasteiger charge is 2.11. The number of H-pyrrole nitrogens is 1. The third kappa shape index (κ3) is 2.92. The van der Waals surface area contributed by atoms with Crippen molar-refractivity contribution < 1.29 is 9.53 Å². The summed E-state index contributed by atoms with van der Waals surface area (Å²) in [5, 5.41) is 11.0. The third-order valence-corrected chi connectivity index (χ3v) is 4.14. The number of aryl methyl sites for hydroxylation is 1. The predicted molar refractivity (Wildman–Crippen MR) is 94.4 cm³/mol. The number of nitrogens with zero attached hydrogens (tertiary/aromatic N) is 4. The van der Waals surface area contributed by atoms with Crippen molar-refractivity contribution in [2.45, 2.75) is 20.1 Å². The van der Waals surface area contributed by atoms with Crippen molar-refractivity contribution in [1.29, 1.82) is 0 Å². The molecule has 0 aliphatic rings. The maximum Gasteiger partial charge on any atom is 0.326 e. The van der Waals surface area contributed by atoms with Gasteiger partial charge in [0.25, 0.3) is 5.56 Å². The standard InChI is InChI=1S/C18H15N5O3/c1-11-3-2-4-13-17(11)19-10-23(18(13)25)8-16(24)26-9-12-5-6-14-15(7-12)21-22-20-14/h2-7,10H,8-9H2,1H3,(H,20,21,22). The number of aromatic amines is 1. The molecule has 0 amide bonds. The van der Waals surface area contributed by atoms with Gasteiger partial charge in [0.2, 0.25) is 0 Å². The van der Waals surface area contributed by atoms with E-state index in [0.29, 0.717) is 16.4 Å². The van der Waals surface area contributed by atoms with E-state index in [9.17, 15) is 9.59 Å². The average Bonchev–Trinajstić information content (AvgIpc) is 3.11. The van der Waals surface area contributed by atoms with Crippen molar-refractivity contribution in [1.82, 2.24) is 25.0 Å². The molecule has 1 N–H and O–H groups in total. The molecule has 4 rings (SSSR count). The largest absolute Gasteiger partial charge is 0.459 e. The topological polar surface area (TPSA) is 103 Å². The highest BCUT2D eigenvalue weighted by molar-refractivity contribution is 5.80. The van der Waals surface area contributed by atoms with Crippen LogP contribution in [0.25, 0.3) is 21.9 Å². The number of rotatable bonds is 4. The fraction of sp³-hybridized carbons (Fsp3) is 0.167. The Morgan fingerprint density at radius 2 is 2.04 bits per heavy atom. The van der Waals surface area contributed by atoms with Gasteiger partial charge in [0, 0.05) is 0 Å². The van der Waals surface area contributed by atoms with Crippen LogP contribution >= 0.6 is 0 Å². The maximum absolute atomic E-state index is 12.5. The molecule has 0 fully saturated rings. The minimum Gasteiger partial charge on any atom is -0.459 e. The molecule has 0 radical (unpaired) electrons. The maximum atomic E-state index is 12.5. The summed E-state index contributed by atoms with van der Waals surface area (Å²) >= 11 is 0. The highest BCUT2D eigenvalue weighted by atomic mass is 16.5. The van der Waals surface area contributed by atoms with Gasteiger partial charge in [-0.15, -0.1) is 0 Å². The number of hydrogen-bond acceptors (Lipinski definition) is 6. The summed E-state index contributed by atoms with van der Waals surface area (Å²) in [5.41, 5.74) is 3.52. The lowest BCUT2D eigenvalue weighted by molar-refractivity contribution is -0.145. The number of para-hydroxylation sites is 1. The van der Waals surface area contributed by atoms with Gasteiger partial charge < -0.3 is 4.74 Å². The Labute approximate surface area is 147 Å². The van der Waals surface area contributed by atoms with E-state index in [0.717, 1.165) is 16.6 Å². The van der Waals surface area contributed by atoms with Gasteiger partial charge >= 0.3 is 5.97 Å². The van der Waals surface area contributed by atoms with Crippen LogP contribution in [0, 0.1) is 6.92 Å². The van der Waals surface area contributed by atoms with Crippen LogP contribution in [0.4, 0.5) is 0 Å². The van der Waals surface area contributed by atoms with Crippen molar-refractivity contribution in [3.8, 4) is 0 Å². The van der Waals surface area contributed by atoms with Gasteiger partial charge in [-0.2, -0.15) is 15.4 Å². The summed E-state index contributed by atoms with van der Waals surface area (Å²) in [6, 6.07) is 10.8. The van der Waals surface area contributed by atoms with Crippen molar-refractivity contribution in [3.63, 3.8) is 0 Å². The van der Waals surface area contributed by atoms with E-state index in [4.69, 9.17) is 4.74 Å². The number of carbonyl (C=O) groups excluding carboxylic acids is 1. The normalized spacial score (nSPS) is 11.1. The van der Waals surface area contributed by atoms with Crippen molar-refractivity contribution in [2.24, 2.45) is 0 Å². The summed E-state index contributed by atoms with van der Waals surface area (Å²) in [6.07, 6.45) is 1.38. The van der Waals surface area contributed by atoms with E-state index >= 15 is 0 Å². The SMILES string of the molecule is Cc1cccc2c(=O)n(CC(=O)OCc3ccc4n[nH]nc4c3)cnc12. The van der Waals surface area contributed by atoms with Gasteiger partial charge in [-0.05, 0) is 36.2 Å². The number of aromatic nitrogens is 5. The Balaban J connectivity index is 1.48. The summed E-state index contributed by atoms with van der Waals surface area (Å²) in [5.74, 6) is -0.513. The van der Waals surface area contributed by atoms with Crippen LogP contribution < -0.4 is 5.56 Å². The molecule has 2 aromatic carbocycles. The summed E-state index contributed by atoms with van der Waals surface area (Å²) in [6.45, 7) is 1.79. The zero-order chi connectivity index (χ0) is 18.1.